The molecule has 1 aliphatic heterocycles. The summed E-state index contributed by atoms with van der Waals surface area (Å²) in [7, 11) is 0. The van der Waals surface area contributed by atoms with E-state index in [1.165, 1.54) is 5.56 Å². The molecule has 1 heterocycles. The van der Waals surface area contributed by atoms with Crippen molar-refractivity contribution in [1.82, 2.24) is 4.90 Å². The molecule has 0 bridgehead atoms. The third-order valence-electron chi connectivity index (χ3n) is 3.62. The fourth-order valence-corrected chi connectivity index (χ4v) is 3.69. The summed E-state index contributed by atoms with van der Waals surface area (Å²) in [6, 6.07) is 8.66. The van der Waals surface area contributed by atoms with Gasteiger partial charge in [0.05, 0.1) is 11.2 Å². The highest BCUT2D eigenvalue weighted by Crippen LogP contribution is 2.33. The second kappa shape index (κ2) is 5.76. The minimum Gasteiger partial charge on any atom is -0.367 e. The maximum Gasteiger partial charge on any atom is 0.0761 e. The minimum absolute atomic E-state index is 0.152. The number of halogens is 1. The highest BCUT2D eigenvalue weighted by atomic mass is 79.9. The quantitative estimate of drug-likeness (QED) is 0.916. The molecule has 0 saturated carbocycles. The van der Waals surface area contributed by atoms with Crippen LogP contribution in [-0.2, 0) is 4.74 Å². The van der Waals surface area contributed by atoms with Crippen LogP contribution < -0.4 is 5.73 Å². The third kappa shape index (κ3) is 3.82. The number of benzene rings is 1. The van der Waals surface area contributed by atoms with Gasteiger partial charge in [-0.3, -0.25) is 4.90 Å². The summed E-state index contributed by atoms with van der Waals surface area (Å²) in [6.07, 6.45) is 0. The Morgan fingerprint density at radius 3 is 2.35 bits per heavy atom. The zero-order valence-electron chi connectivity index (χ0n) is 12.8. The van der Waals surface area contributed by atoms with Gasteiger partial charge in [-0.2, -0.15) is 0 Å². The van der Waals surface area contributed by atoms with E-state index in [1.807, 2.05) is 6.07 Å². The summed E-state index contributed by atoms with van der Waals surface area (Å²) in [6.45, 7) is 11.0. The summed E-state index contributed by atoms with van der Waals surface area (Å²) in [4.78, 5) is 2.45. The predicted octanol–water partition coefficient (Wildman–Crippen LogP) is 3.34. The van der Waals surface area contributed by atoms with Crippen LogP contribution in [0.1, 0.15) is 39.3 Å². The minimum atomic E-state index is -0.152. The van der Waals surface area contributed by atoms with Gasteiger partial charge in [-0.05, 0) is 45.4 Å². The first-order valence-electron chi connectivity index (χ1n) is 7.12. The standard InChI is InChI=1S/C16H25BrN2O/c1-15(2)10-19(11-16(3,4)20-15)14(9-18)12-6-5-7-13(17)8-12/h5-8,14H,9-11,18H2,1-4H3. The van der Waals surface area contributed by atoms with Crippen LogP contribution in [0.25, 0.3) is 0 Å². The lowest BCUT2D eigenvalue weighted by atomic mass is 9.95. The Kier molecular flexibility index (Phi) is 4.59. The van der Waals surface area contributed by atoms with Gasteiger partial charge in [0.15, 0.2) is 0 Å². The monoisotopic (exact) mass is 340 g/mol. The SMILES string of the molecule is CC1(C)CN(C(CN)c2cccc(Br)c2)CC(C)(C)O1. The Hall–Kier alpha value is -0.420. The van der Waals surface area contributed by atoms with Gasteiger partial charge in [0.25, 0.3) is 0 Å². The molecule has 112 valence electrons. The van der Waals surface area contributed by atoms with Gasteiger partial charge in [-0.1, -0.05) is 28.1 Å². The molecule has 1 aromatic carbocycles. The Balaban J connectivity index is 2.27. The van der Waals surface area contributed by atoms with Crippen LogP contribution in [0.3, 0.4) is 0 Å². The fourth-order valence-electron chi connectivity index (χ4n) is 3.28. The van der Waals surface area contributed by atoms with E-state index in [-0.39, 0.29) is 17.2 Å². The largest absolute Gasteiger partial charge is 0.367 e. The van der Waals surface area contributed by atoms with Crippen LogP contribution in [0.4, 0.5) is 0 Å². The molecule has 3 nitrogen and oxygen atoms in total. The van der Waals surface area contributed by atoms with Crippen molar-refractivity contribution in [3.63, 3.8) is 0 Å². The molecule has 0 aromatic heterocycles. The fraction of sp³-hybridized carbons (Fsp3) is 0.625. The molecule has 0 amide bonds. The van der Waals surface area contributed by atoms with E-state index in [9.17, 15) is 0 Å². The molecule has 1 fully saturated rings. The number of nitrogens with zero attached hydrogens (tertiary/aromatic N) is 1. The molecule has 2 rings (SSSR count). The van der Waals surface area contributed by atoms with Gasteiger partial charge >= 0.3 is 0 Å². The van der Waals surface area contributed by atoms with E-state index in [4.69, 9.17) is 10.5 Å². The number of nitrogens with two attached hydrogens (primary N) is 1. The van der Waals surface area contributed by atoms with Crippen molar-refractivity contribution in [3.8, 4) is 0 Å². The van der Waals surface area contributed by atoms with Crippen LogP contribution in [0.5, 0.6) is 0 Å². The maximum absolute atomic E-state index is 6.15. The number of hydrogen-bond donors (Lipinski definition) is 1. The van der Waals surface area contributed by atoms with Crippen molar-refractivity contribution in [2.24, 2.45) is 5.73 Å². The van der Waals surface area contributed by atoms with Crippen molar-refractivity contribution in [2.75, 3.05) is 19.6 Å². The van der Waals surface area contributed by atoms with E-state index >= 15 is 0 Å². The lowest BCUT2D eigenvalue weighted by Crippen LogP contribution is -2.58. The van der Waals surface area contributed by atoms with E-state index in [0.29, 0.717) is 6.54 Å². The van der Waals surface area contributed by atoms with Gasteiger partial charge in [0, 0.05) is 30.1 Å². The third-order valence-corrected chi connectivity index (χ3v) is 4.11. The molecule has 1 atom stereocenters. The molecule has 0 aliphatic carbocycles. The van der Waals surface area contributed by atoms with E-state index in [1.54, 1.807) is 0 Å². The first kappa shape index (κ1) is 16.0. The molecular formula is C16H25BrN2O. The highest BCUT2D eigenvalue weighted by Gasteiger charge is 2.40. The van der Waals surface area contributed by atoms with Gasteiger partial charge in [-0.15, -0.1) is 0 Å². The van der Waals surface area contributed by atoms with Gasteiger partial charge in [0.2, 0.25) is 0 Å². The molecule has 4 heteroatoms. The molecule has 1 unspecified atom stereocenters. The van der Waals surface area contributed by atoms with Crippen molar-refractivity contribution in [2.45, 2.75) is 44.9 Å². The van der Waals surface area contributed by atoms with Crippen molar-refractivity contribution < 1.29 is 4.74 Å². The number of morpholine rings is 1. The zero-order valence-corrected chi connectivity index (χ0v) is 14.4. The summed E-state index contributed by atoms with van der Waals surface area (Å²) < 4.78 is 7.25. The molecular weight excluding hydrogens is 316 g/mol. The van der Waals surface area contributed by atoms with Crippen LogP contribution in [-0.4, -0.2) is 35.7 Å². The smallest absolute Gasteiger partial charge is 0.0761 e. The molecule has 0 radical (unpaired) electrons. The molecule has 1 aromatic rings. The molecule has 1 aliphatic rings. The van der Waals surface area contributed by atoms with Crippen LogP contribution in [0.2, 0.25) is 0 Å². The Bertz CT molecular complexity index is 457. The molecule has 0 spiro atoms. The van der Waals surface area contributed by atoms with Crippen molar-refractivity contribution in [1.29, 1.82) is 0 Å². The van der Waals surface area contributed by atoms with Crippen molar-refractivity contribution >= 4 is 15.9 Å². The lowest BCUT2D eigenvalue weighted by Gasteiger charge is -2.49. The number of hydrogen-bond acceptors (Lipinski definition) is 3. The Morgan fingerprint density at radius 1 is 1.25 bits per heavy atom. The van der Waals surface area contributed by atoms with E-state index < -0.39 is 0 Å². The maximum atomic E-state index is 6.15. The summed E-state index contributed by atoms with van der Waals surface area (Å²) in [5.74, 6) is 0. The summed E-state index contributed by atoms with van der Waals surface area (Å²) in [5, 5.41) is 0. The van der Waals surface area contributed by atoms with E-state index in [2.05, 4.69) is 66.7 Å². The molecule has 20 heavy (non-hydrogen) atoms. The van der Waals surface area contributed by atoms with Crippen LogP contribution in [0.15, 0.2) is 28.7 Å². The Labute approximate surface area is 130 Å². The molecule has 2 N–H and O–H groups in total. The second-order valence-electron chi connectivity index (χ2n) is 6.83. The van der Waals surface area contributed by atoms with Crippen LogP contribution in [0, 0.1) is 0 Å². The normalized spacial score (nSPS) is 23.5. The number of rotatable bonds is 3. The first-order chi connectivity index (χ1) is 9.22. The first-order valence-corrected chi connectivity index (χ1v) is 7.91. The van der Waals surface area contributed by atoms with Crippen LogP contribution >= 0.6 is 15.9 Å². The Morgan fingerprint density at radius 2 is 1.85 bits per heavy atom. The van der Waals surface area contributed by atoms with Gasteiger partial charge in [0.1, 0.15) is 0 Å². The second-order valence-corrected chi connectivity index (χ2v) is 7.75. The van der Waals surface area contributed by atoms with Crippen molar-refractivity contribution in [3.05, 3.63) is 34.3 Å². The van der Waals surface area contributed by atoms with E-state index in [0.717, 1.165) is 17.6 Å². The zero-order chi connectivity index (χ0) is 15.0. The average Bonchev–Trinajstić information content (AvgIpc) is 2.25. The summed E-state index contributed by atoms with van der Waals surface area (Å²) >= 11 is 3.54. The number of ether oxygens (including phenoxy) is 1. The van der Waals surface area contributed by atoms with Gasteiger partial charge in [-0.25, -0.2) is 0 Å². The predicted molar refractivity (Wildman–Crippen MR) is 86.8 cm³/mol. The highest BCUT2D eigenvalue weighted by molar-refractivity contribution is 9.10. The lowest BCUT2D eigenvalue weighted by molar-refractivity contribution is -0.187. The molecule has 1 saturated heterocycles. The average molecular weight is 341 g/mol. The summed E-state index contributed by atoms with van der Waals surface area (Å²) in [5.41, 5.74) is 7.02. The van der Waals surface area contributed by atoms with Gasteiger partial charge < -0.3 is 10.5 Å². The topological polar surface area (TPSA) is 38.5 Å².